The maximum Gasteiger partial charge on any atom is 0.247 e. The Labute approximate surface area is 148 Å². The Bertz CT molecular complexity index is 710. The Morgan fingerprint density at radius 1 is 1.24 bits per heavy atom. The first-order valence-electron chi connectivity index (χ1n) is 8.59. The van der Waals surface area contributed by atoms with E-state index >= 15 is 0 Å². The van der Waals surface area contributed by atoms with Crippen molar-refractivity contribution in [2.75, 3.05) is 37.5 Å². The molecule has 1 aromatic heterocycles. The number of ether oxygens (including phenoxy) is 2. The maximum absolute atomic E-state index is 5.34. The zero-order valence-corrected chi connectivity index (χ0v) is 15.0. The van der Waals surface area contributed by atoms with Gasteiger partial charge in [0.2, 0.25) is 5.95 Å². The molecular formula is C18H25N5O2. The zero-order valence-electron chi connectivity index (χ0n) is 15.0. The van der Waals surface area contributed by atoms with Gasteiger partial charge in [0, 0.05) is 19.6 Å². The molecule has 1 aromatic carbocycles. The first-order valence-corrected chi connectivity index (χ1v) is 8.59. The van der Waals surface area contributed by atoms with Crippen LogP contribution in [0.1, 0.15) is 25.3 Å². The molecule has 3 rings (SSSR count). The molecule has 134 valence electrons. The summed E-state index contributed by atoms with van der Waals surface area (Å²) in [6.07, 6.45) is 4.09. The van der Waals surface area contributed by atoms with Gasteiger partial charge in [-0.05, 0) is 36.5 Å². The molecule has 2 heterocycles. The van der Waals surface area contributed by atoms with E-state index in [2.05, 4.69) is 32.3 Å². The summed E-state index contributed by atoms with van der Waals surface area (Å²) in [7, 11) is 3.26. The van der Waals surface area contributed by atoms with Gasteiger partial charge >= 0.3 is 0 Å². The van der Waals surface area contributed by atoms with Crippen LogP contribution in [0.15, 0.2) is 24.4 Å². The minimum Gasteiger partial charge on any atom is -0.493 e. The van der Waals surface area contributed by atoms with Gasteiger partial charge in [0.1, 0.15) is 0 Å². The maximum atomic E-state index is 5.34. The number of aromatic nitrogens is 3. The van der Waals surface area contributed by atoms with Gasteiger partial charge in [-0.2, -0.15) is 10.1 Å². The van der Waals surface area contributed by atoms with Crippen molar-refractivity contribution in [3.63, 3.8) is 0 Å². The van der Waals surface area contributed by atoms with Gasteiger partial charge in [0.25, 0.3) is 0 Å². The SMILES string of the molecule is COc1ccc(CNc2cnnc(N3CCCC(C)C3)n2)cc1OC. The van der Waals surface area contributed by atoms with E-state index in [1.807, 2.05) is 18.2 Å². The molecule has 2 aromatic rings. The van der Waals surface area contributed by atoms with Gasteiger partial charge in [-0.3, -0.25) is 0 Å². The summed E-state index contributed by atoms with van der Waals surface area (Å²) in [5.74, 6) is 3.52. The van der Waals surface area contributed by atoms with Crippen LogP contribution in [0.4, 0.5) is 11.8 Å². The van der Waals surface area contributed by atoms with Gasteiger partial charge in [-0.15, -0.1) is 5.10 Å². The average molecular weight is 343 g/mol. The summed E-state index contributed by atoms with van der Waals surface area (Å²) in [5, 5.41) is 11.6. The van der Waals surface area contributed by atoms with Crippen LogP contribution in [0.2, 0.25) is 0 Å². The van der Waals surface area contributed by atoms with Crippen molar-refractivity contribution < 1.29 is 9.47 Å². The Hall–Kier alpha value is -2.57. The van der Waals surface area contributed by atoms with Crippen molar-refractivity contribution in [1.29, 1.82) is 0 Å². The Balaban J connectivity index is 1.66. The fraction of sp³-hybridized carbons (Fsp3) is 0.500. The number of nitrogens with zero attached hydrogens (tertiary/aromatic N) is 4. The largest absolute Gasteiger partial charge is 0.493 e. The van der Waals surface area contributed by atoms with E-state index in [0.717, 1.165) is 30.2 Å². The monoisotopic (exact) mass is 343 g/mol. The normalized spacial score (nSPS) is 17.2. The molecule has 1 unspecified atom stereocenters. The molecule has 0 spiro atoms. The summed E-state index contributed by atoms with van der Waals surface area (Å²) in [5.41, 5.74) is 1.07. The third-order valence-corrected chi connectivity index (χ3v) is 4.41. The summed E-state index contributed by atoms with van der Waals surface area (Å²) < 4.78 is 10.6. The molecule has 1 atom stereocenters. The van der Waals surface area contributed by atoms with Crippen molar-refractivity contribution in [3.8, 4) is 11.5 Å². The Kier molecular flexibility index (Phi) is 5.53. The fourth-order valence-electron chi connectivity index (χ4n) is 3.07. The fourth-order valence-corrected chi connectivity index (χ4v) is 3.07. The van der Waals surface area contributed by atoms with Gasteiger partial charge in [-0.1, -0.05) is 13.0 Å². The van der Waals surface area contributed by atoms with Crippen LogP contribution in [-0.4, -0.2) is 42.5 Å². The zero-order chi connectivity index (χ0) is 17.6. The van der Waals surface area contributed by atoms with Crippen LogP contribution in [0.3, 0.4) is 0 Å². The second-order valence-electron chi connectivity index (χ2n) is 6.38. The van der Waals surface area contributed by atoms with Crippen LogP contribution < -0.4 is 19.7 Å². The van der Waals surface area contributed by atoms with Crippen molar-refractivity contribution >= 4 is 11.8 Å². The second-order valence-corrected chi connectivity index (χ2v) is 6.38. The third-order valence-electron chi connectivity index (χ3n) is 4.41. The lowest BCUT2D eigenvalue weighted by Crippen LogP contribution is -2.35. The van der Waals surface area contributed by atoms with Crippen LogP contribution in [-0.2, 0) is 6.54 Å². The summed E-state index contributed by atoms with van der Waals surface area (Å²) in [6.45, 7) is 4.86. The van der Waals surface area contributed by atoms with Crippen molar-refractivity contribution in [2.45, 2.75) is 26.3 Å². The number of hydrogen-bond donors (Lipinski definition) is 1. The molecule has 25 heavy (non-hydrogen) atoms. The lowest BCUT2D eigenvalue weighted by atomic mass is 10.0. The molecule has 1 N–H and O–H groups in total. The van der Waals surface area contributed by atoms with E-state index in [4.69, 9.17) is 9.47 Å². The van der Waals surface area contributed by atoms with Crippen LogP contribution in [0, 0.1) is 5.92 Å². The molecule has 1 aliphatic heterocycles. The highest BCUT2D eigenvalue weighted by Gasteiger charge is 2.19. The summed E-state index contributed by atoms with van der Waals surface area (Å²) >= 11 is 0. The number of anilines is 2. The van der Waals surface area contributed by atoms with E-state index in [-0.39, 0.29) is 0 Å². The topological polar surface area (TPSA) is 72.4 Å². The predicted octanol–water partition coefficient (Wildman–Crippen LogP) is 2.74. The molecule has 1 saturated heterocycles. The average Bonchev–Trinajstić information content (AvgIpc) is 2.66. The first-order chi connectivity index (χ1) is 12.2. The number of piperidine rings is 1. The smallest absolute Gasteiger partial charge is 0.247 e. The third kappa shape index (κ3) is 4.29. The molecule has 7 heteroatoms. The van der Waals surface area contributed by atoms with Crippen LogP contribution in [0.25, 0.3) is 0 Å². The number of methoxy groups -OCH3 is 2. The van der Waals surface area contributed by atoms with E-state index in [0.29, 0.717) is 24.2 Å². The lowest BCUT2D eigenvalue weighted by Gasteiger charge is -2.30. The number of rotatable bonds is 6. The molecule has 0 radical (unpaired) electrons. The predicted molar refractivity (Wildman–Crippen MR) is 97.3 cm³/mol. The van der Waals surface area contributed by atoms with E-state index in [1.165, 1.54) is 12.8 Å². The number of benzene rings is 1. The van der Waals surface area contributed by atoms with Gasteiger partial charge in [0.05, 0.1) is 20.4 Å². The minimum atomic E-state index is 0.620. The van der Waals surface area contributed by atoms with Gasteiger partial charge in [-0.25, -0.2) is 0 Å². The summed E-state index contributed by atoms with van der Waals surface area (Å²) in [6, 6.07) is 5.85. The molecule has 0 aliphatic carbocycles. The van der Waals surface area contributed by atoms with E-state index in [9.17, 15) is 0 Å². The molecule has 1 aliphatic rings. The lowest BCUT2D eigenvalue weighted by molar-refractivity contribution is 0.354. The minimum absolute atomic E-state index is 0.620. The molecule has 1 fully saturated rings. The highest BCUT2D eigenvalue weighted by Crippen LogP contribution is 2.27. The quantitative estimate of drug-likeness (QED) is 0.864. The van der Waals surface area contributed by atoms with Crippen LogP contribution in [0.5, 0.6) is 11.5 Å². The highest BCUT2D eigenvalue weighted by atomic mass is 16.5. The van der Waals surface area contributed by atoms with E-state index in [1.54, 1.807) is 20.4 Å². The standard InChI is InChI=1S/C18H25N5O2/c1-13-5-4-8-23(12-13)18-21-17(11-20-22-18)19-10-14-6-7-15(24-2)16(9-14)25-3/h6-7,9,11,13H,4-5,8,10,12H2,1-3H3,(H,19,21,22). The van der Waals surface area contributed by atoms with Crippen molar-refractivity contribution in [1.82, 2.24) is 15.2 Å². The van der Waals surface area contributed by atoms with Gasteiger partial charge < -0.3 is 19.7 Å². The molecular weight excluding hydrogens is 318 g/mol. The van der Waals surface area contributed by atoms with E-state index < -0.39 is 0 Å². The summed E-state index contributed by atoms with van der Waals surface area (Å²) in [4.78, 5) is 6.82. The first kappa shape index (κ1) is 17.3. The highest BCUT2D eigenvalue weighted by molar-refractivity contribution is 5.45. The number of hydrogen-bond acceptors (Lipinski definition) is 7. The molecule has 0 amide bonds. The molecule has 0 saturated carbocycles. The second kappa shape index (κ2) is 8.00. The molecule has 0 bridgehead atoms. The Morgan fingerprint density at radius 3 is 2.84 bits per heavy atom. The number of nitrogens with one attached hydrogen (secondary N) is 1. The van der Waals surface area contributed by atoms with Crippen molar-refractivity contribution in [2.24, 2.45) is 5.92 Å². The molecule has 7 nitrogen and oxygen atoms in total. The van der Waals surface area contributed by atoms with Crippen LogP contribution >= 0.6 is 0 Å². The van der Waals surface area contributed by atoms with Gasteiger partial charge in [0.15, 0.2) is 17.3 Å². The van der Waals surface area contributed by atoms with Crippen molar-refractivity contribution in [3.05, 3.63) is 30.0 Å². The Morgan fingerprint density at radius 2 is 2.08 bits per heavy atom.